The van der Waals surface area contributed by atoms with Crippen LogP contribution in [-0.4, -0.2) is 25.6 Å². The molecule has 3 aromatic rings. The number of carbonyl (C=O) groups is 2. The summed E-state index contributed by atoms with van der Waals surface area (Å²) >= 11 is 0. The van der Waals surface area contributed by atoms with Crippen LogP contribution in [0, 0.1) is 0 Å². The fourth-order valence-corrected chi connectivity index (χ4v) is 3.22. The van der Waals surface area contributed by atoms with E-state index in [0.717, 1.165) is 22.6 Å². The zero-order valence-corrected chi connectivity index (χ0v) is 15.3. The van der Waals surface area contributed by atoms with Crippen molar-refractivity contribution in [3.05, 3.63) is 65.7 Å². The molecule has 0 radical (unpaired) electrons. The number of rotatable bonds is 6. The van der Waals surface area contributed by atoms with Gasteiger partial charge in [-0.2, -0.15) is 0 Å². The predicted octanol–water partition coefficient (Wildman–Crippen LogP) is 3.64. The molecule has 0 saturated carbocycles. The molecule has 6 heteroatoms. The molecule has 142 valence electrons. The summed E-state index contributed by atoms with van der Waals surface area (Å²) in [6.45, 7) is 1.90. The maximum absolute atomic E-state index is 12.3. The quantitative estimate of drug-likeness (QED) is 0.664. The Kier molecular flexibility index (Phi) is 4.85. The van der Waals surface area contributed by atoms with E-state index < -0.39 is 0 Å². The van der Waals surface area contributed by atoms with Gasteiger partial charge in [0.25, 0.3) is 5.91 Å². The molecule has 6 nitrogen and oxygen atoms in total. The molecule has 1 aliphatic heterocycles. The second-order valence-electron chi connectivity index (χ2n) is 6.51. The summed E-state index contributed by atoms with van der Waals surface area (Å²) in [4.78, 5) is 23.9. The third-order valence-corrected chi connectivity index (χ3v) is 4.68. The van der Waals surface area contributed by atoms with Crippen LogP contribution >= 0.6 is 0 Å². The lowest BCUT2D eigenvalue weighted by molar-refractivity contribution is -0.123. The standard InChI is InChI=1S/C22H19NO5/c1-14(16-7-9-20-21(10-16)28-13-27-20)23-22(25)12-26-19-8-6-15-4-2-3-5-17(15)18(19)11-24/h2-11,14H,12-13H2,1H3,(H,23,25)/t14-/m0/s1. The first-order valence-electron chi connectivity index (χ1n) is 8.94. The number of fused-ring (bicyclic) bond motifs is 2. The van der Waals surface area contributed by atoms with Gasteiger partial charge in [0.2, 0.25) is 6.79 Å². The zero-order chi connectivity index (χ0) is 19.5. The van der Waals surface area contributed by atoms with E-state index in [-0.39, 0.29) is 25.3 Å². The third-order valence-electron chi connectivity index (χ3n) is 4.68. The number of benzene rings is 3. The molecule has 0 aromatic heterocycles. The Morgan fingerprint density at radius 2 is 1.96 bits per heavy atom. The fourth-order valence-electron chi connectivity index (χ4n) is 3.22. The van der Waals surface area contributed by atoms with Crippen molar-refractivity contribution in [3.63, 3.8) is 0 Å². The molecular weight excluding hydrogens is 358 g/mol. The van der Waals surface area contributed by atoms with Crippen LogP contribution < -0.4 is 19.5 Å². The molecule has 1 N–H and O–H groups in total. The second-order valence-corrected chi connectivity index (χ2v) is 6.51. The molecule has 4 rings (SSSR count). The van der Waals surface area contributed by atoms with Gasteiger partial charge in [0.15, 0.2) is 24.4 Å². The zero-order valence-electron chi connectivity index (χ0n) is 15.3. The highest BCUT2D eigenvalue weighted by atomic mass is 16.7. The molecule has 1 heterocycles. The number of carbonyl (C=O) groups excluding carboxylic acids is 2. The van der Waals surface area contributed by atoms with Crippen LogP contribution in [-0.2, 0) is 4.79 Å². The molecule has 0 bridgehead atoms. The summed E-state index contributed by atoms with van der Waals surface area (Å²) in [7, 11) is 0. The molecule has 0 unspecified atom stereocenters. The van der Waals surface area contributed by atoms with E-state index in [9.17, 15) is 9.59 Å². The van der Waals surface area contributed by atoms with Gasteiger partial charge in [-0.1, -0.05) is 36.4 Å². The van der Waals surface area contributed by atoms with Crippen molar-refractivity contribution in [2.75, 3.05) is 13.4 Å². The van der Waals surface area contributed by atoms with Gasteiger partial charge in [-0.3, -0.25) is 9.59 Å². The summed E-state index contributed by atoms with van der Waals surface area (Å²) < 4.78 is 16.3. The Hall–Kier alpha value is -3.54. The van der Waals surface area contributed by atoms with Crippen molar-refractivity contribution in [1.29, 1.82) is 0 Å². The van der Waals surface area contributed by atoms with E-state index in [1.165, 1.54) is 0 Å². The minimum atomic E-state index is -0.282. The Labute approximate surface area is 162 Å². The molecule has 28 heavy (non-hydrogen) atoms. The lowest BCUT2D eigenvalue weighted by atomic mass is 10.0. The summed E-state index contributed by atoms with van der Waals surface area (Å²) in [5, 5.41) is 4.62. The SMILES string of the molecule is C[C@H](NC(=O)COc1ccc2ccccc2c1C=O)c1ccc2c(c1)OCO2. The maximum atomic E-state index is 12.3. The Balaban J connectivity index is 1.42. The second kappa shape index (κ2) is 7.60. The summed E-state index contributed by atoms with van der Waals surface area (Å²) in [6.07, 6.45) is 0.755. The number of nitrogens with one attached hydrogen (secondary N) is 1. The highest BCUT2D eigenvalue weighted by Crippen LogP contribution is 2.34. The number of aldehydes is 1. The fraction of sp³-hybridized carbons (Fsp3) is 0.182. The van der Waals surface area contributed by atoms with Crippen molar-refractivity contribution in [1.82, 2.24) is 5.32 Å². The van der Waals surface area contributed by atoms with Crippen molar-refractivity contribution in [3.8, 4) is 17.2 Å². The lowest BCUT2D eigenvalue weighted by Gasteiger charge is -2.16. The minimum absolute atomic E-state index is 0.186. The van der Waals surface area contributed by atoms with Crippen molar-refractivity contribution < 1.29 is 23.8 Å². The van der Waals surface area contributed by atoms with E-state index >= 15 is 0 Å². The van der Waals surface area contributed by atoms with Gasteiger partial charge in [0.05, 0.1) is 11.6 Å². The van der Waals surface area contributed by atoms with Gasteiger partial charge < -0.3 is 19.5 Å². The van der Waals surface area contributed by atoms with E-state index in [1.54, 1.807) is 6.07 Å². The molecule has 0 spiro atoms. The Bertz CT molecular complexity index is 1050. The van der Waals surface area contributed by atoms with E-state index in [1.807, 2.05) is 55.5 Å². The monoisotopic (exact) mass is 377 g/mol. The average Bonchev–Trinajstić information content (AvgIpc) is 3.19. The van der Waals surface area contributed by atoms with Crippen LogP contribution in [0.4, 0.5) is 0 Å². The summed E-state index contributed by atoms with van der Waals surface area (Å²) in [5.41, 5.74) is 1.34. The average molecular weight is 377 g/mol. The lowest BCUT2D eigenvalue weighted by Crippen LogP contribution is -2.31. The smallest absolute Gasteiger partial charge is 0.258 e. The molecule has 1 aliphatic rings. The van der Waals surface area contributed by atoms with Crippen LogP contribution in [0.3, 0.4) is 0 Å². The maximum Gasteiger partial charge on any atom is 0.258 e. The largest absolute Gasteiger partial charge is 0.483 e. The van der Waals surface area contributed by atoms with Gasteiger partial charge in [-0.15, -0.1) is 0 Å². The molecule has 1 atom stereocenters. The van der Waals surface area contributed by atoms with E-state index in [4.69, 9.17) is 14.2 Å². The van der Waals surface area contributed by atoms with Gasteiger partial charge >= 0.3 is 0 Å². The molecule has 0 aliphatic carbocycles. The Morgan fingerprint density at radius 1 is 1.14 bits per heavy atom. The number of amides is 1. The number of hydrogen-bond donors (Lipinski definition) is 1. The summed E-state index contributed by atoms with van der Waals surface area (Å²) in [5.74, 6) is 1.47. The van der Waals surface area contributed by atoms with Crippen molar-refractivity contribution >= 4 is 23.0 Å². The highest BCUT2D eigenvalue weighted by molar-refractivity contribution is 6.00. The summed E-state index contributed by atoms with van der Waals surface area (Å²) in [6, 6.07) is 16.4. The molecule has 1 amide bonds. The molecular formula is C22H19NO5. The third kappa shape index (κ3) is 3.49. The molecule has 3 aromatic carbocycles. The van der Waals surface area contributed by atoms with Crippen LogP contribution in [0.25, 0.3) is 10.8 Å². The van der Waals surface area contributed by atoms with Crippen LogP contribution in [0.5, 0.6) is 17.2 Å². The van der Waals surface area contributed by atoms with Gasteiger partial charge in [-0.25, -0.2) is 0 Å². The van der Waals surface area contributed by atoms with Crippen molar-refractivity contribution in [2.24, 2.45) is 0 Å². The Morgan fingerprint density at radius 3 is 2.82 bits per heavy atom. The topological polar surface area (TPSA) is 73.9 Å². The number of ether oxygens (including phenoxy) is 3. The van der Waals surface area contributed by atoms with Gasteiger partial charge in [-0.05, 0) is 41.5 Å². The van der Waals surface area contributed by atoms with E-state index in [0.29, 0.717) is 22.8 Å². The van der Waals surface area contributed by atoms with Crippen LogP contribution in [0.2, 0.25) is 0 Å². The minimum Gasteiger partial charge on any atom is -0.483 e. The van der Waals surface area contributed by atoms with E-state index in [2.05, 4.69) is 5.32 Å². The normalized spacial score (nSPS) is 13.2. The van der Waals surface area contributed by atoms with Crippen LogP contribution in [0.1, 0.15) is 28.9 Å². The molecule has 0 saturated heterocycles. The van der Waals surface area contributed by atoms with Gasteiger partial charge in [0.1, 0.15) is 5.75 Å². The first kappa shape index (κ1) is 17.9. The highest BCUT2D eigenvalue weighted by Gasteiger charge is 2.17. The van der Waals surface area contributed by atoms with Crippen molar-refractivity contribution in [2.45, 2.75) is 13.0 Å². The number of hydrogen-bond acceptors (Lipinski definition) is 5. The first-order valence-corrected chi connectivity index (χ1v) is 8.94. The first-order chi connectivity index (χ1) is 13.7. The predicted molar refractivity (Wildman–Crippen MR) is 104 cm³/mol. The van der Waals surface area contributed by atoms with Crippen LogP contribution in [0.15, 0.2) is 54.6 Å². The molecule has 0 fully saturated rings. The van der Waals surface area contributed by atoms with Gasteiger partial charge in [0, 0.05) is 0 Å².